The number of nitriles is 1. The van der Waals surface area contributed by atoms with Crippen molar-refractivity contribution in [2.24, 2.45) is 0 Å². The number of amides is 1. The average molecular weight is 419 g/mol. The second-order valence-corrected chi connectivity index (χ2v) is 8.86. The van der Waals surface area contributed by atoms with Crippen molar-refractivity contribution in [1.82, 2.24) is 9.47 Å². The van der Waals surface area contributed by atoms with Crippen LogP contribution < -0.4 is 5.32 Å². The molecule has 0 aliphatic carbocycles. The molecule has 0 fully saturated rings. The van der Waals surface area contributed by atoms with Crippen molar-refractivity contribution < 1.29 is 4.79 Å². The molecule has 1 unspecified atom stereocenters. The van der Waals surface area contributed by atoms with E-state index in [0.29, 0.717) is 24.5 Å². The van der Waals surface area contributed by atoms with Gasteiger partial charge in [0.2, 0.25) is 5.91 Å². The molecule has 2 aromatic heterocycles. The summed E-state index contributed by atoms with van der Waals surface area (Å²) in [6.45, 7) is 7.90. The van der Waals surface area contributed by atoms with Crippen LogP contribution in [0.4, 0.5) is 5.82 Å². The van der Waals surface area contributed by atoms with Gasteiger partial charge in [-0.3, -0.25) is 9.69 Å². The van der Waals surface area contributed by atoms with Gasteiger partial charge < -0.3 is 9.88 Å². The van der Waals surface area contributed by atoms with Crippen LogP contribution in [-0.2, 0) is 17.8 Å². The van der Waals surface area contributed by atoms with Crippen LogP contribution in [0.1, 0.15) is 45.8 Å². The highest BCUT2D eigenvalue weighted by Crippen LogP contribution is 2.33. The summed E-state index contributed by atoms with van der Waals surface area (Å²) >= 11 is 1.80. The molecule has 0 saturated heterocycles. The number of rotatable bonds is 5. The van der Waals surface area contributed by atoms with Crippen LogP contribution in [0.3, 0.4) is 0 Å². The van der Waals surface area contributed by atoms with Crippen molar-refractivity contribution in [3.63, 3.8) is 0 Å². The van der Waals surface area contributed by atoms with Gasteiger partial charge >= 0.3 is 0 Å². The molecule has 1 aromatic carbocycles. The van der Waals surface area contributed by atoms with Gasteiger partial charge in [0, 0.05) is 29.7 Å². The van der Waals surface area contributed by atoms with Gasteiger partial charge in [0.15, 0.2) is 0 Å². The minimum atomic E-state index is -0.0798. The third-order valence-corrected chi connectivity index (χ3v) is 7.13. The Balaban J connectivity index is 1.56. The zero-order valence-electron chi connectivity index (χ0n) is 17.6. The third-order valence-electron chi connectivity index (χ3n) is 6.13. The molecule has 30 heavy (non-hydrogen) atoms. The standard InChI is InChI=1S/C24H26N4OS/c1-16-17(2)28(14-19-7-5-4-6-8-19)24(21(16)13-25)26-23(29)15-27-11-9-22-20(18(27)3)10-12-30-22/h4-8,10,12,18H,9,11,14-15H2,1-3H3,(H,26,29). The minimum absolute atomic E-state index is 0.0798. The van der Waals surface area contributed by atoms with Gasteiger partial charge in [-0.05, 0) is 55.3 Å². The number of nitrogens with zero attached hydrogens (tertiary/aromatic N) is 3. The second-order valence-electron chi connectivity index (χ2n) is 7.86. The first-order chi connectivity index (χ1) is 14.5. The minimum Gasteiger partial charge on any atom is -0.326 e. The normalized spacial score (nSPS) is 16.1. The van der Waals surface area contributed by atoms with E-state index in [0.717, 1.165) is 29.8 Å². The molecule has 1 atom stereocenters. The van der Waals surface area contributed by atoms with Crippen LogP contribution >= 0.6 is 11.3 Å². The van der Waals surface area contributed by atoms with Crippen molar-refractivity contribution in [1.29, 1.82) is 5.26 Å². The van der Waals surface area contributed by atoms with Crippen molar-refractivity contribution in [2.75, 3.05) is 18.4 Å². The summed E-state index contributed by atoms with van der Waals surface area (Å²) in [5.41, 5.74) is 4.92. The molecular weight excluding hydrogens is 392 g/mol. The molecule has 5 nitrogen and oxygen atoms in total. The van der Waals surface area contributed by atoms with Crippen LogP contribution in [-0.4, -0.2) is 28.5 Å². The Bertz CT molecular complexity index is 1110. The summed E-state index contributed by atoms with van der Waals surface area (Å²) in [6.07, 6.45) is 0.983. The molecular formula is C24H26N4OS. The molecule has 0 spiro atoms. The summed E-state index contributed by atoms with van der Waals surface area (Å²) in [7, 11) is 0. The Labute approximate surface area is 181 Å². The van der Waals surface area contributed by atoms with Gasteiger partial charge in [-0.2, -0.15) is 5.26 Å². The largest absolute Gasteiger partial charge is 0.326 e. The van der Waals surface area contributed by atoms with Crippen LogP contribution in [0.5, 0.6) is 0 Å². The maximum atomic E-state index is 13.0. The summed E-state index contributed by atoms with van der Waals surface area (Å²) in [6, 6.07) is 14.8. The fraction of sp³-hybridized carbons (Fsp3) is 0.333. The second kappa shape index (κ2) is 8.47. The van der Waals surface area contributed by atoms with E-state index < -0.39 is 0 Å². The van der Waals surface area contributed by atoms with Gasteiger partial charge in [-0.25, -0.2) is 0 Å². The van der Waals surface area contributed by atoms with Crippen molar-refractivity contribution in [2.45, 2.75) is 39.8 Å². The summed E-state index contributed by atoms with van der Waals surface area (Å²) in [4.78, 5) is 16.6. The Morgan fingerprint density at radius 1 is 1.27 bits per heavy atom. The molecule has 6 heteroatoms. The Kier molecular flexibility index (Phi) is 5.76. The van der Waals surface area contributed by atoms with Crippen molar-refractivity contribution in [3.05, 3.63) is 74.6 Å². The third kappa shape index (κ3) is 3.79. The summed E-state index contributed by atoms with van der Waals surface area (Å²) in [5, 5.41) is 14.9. The van der Waals surface area contributed by atoms with E-state index in [9.17, 15) is 10.1 Å². The number of aromatic nitrogens is 1. The van der Waals surface area contributed by atoms with Gasteiger partial charge in [0.05, 0.1) is 12.1 Å². The molecule has 1 aliphatic heterocycles. The molecule has 3 aromatic rings. The van der Waals surface area contributed by atoms with Gasteiger partial charge in [-0.1, -0.05) is 30.3 Å². The Morgan fingerprint density at radius 2 is 2.03 bits per heavy atom. The van der Waals surface area contributed by atoms with Gasteiger partial charge in [0.25, 0.3) is 0 Å². The molecule has 1 N–H and O–H groups in total. The molecule has 0 bridgehead atoms. The van der Waals surface area contributed by atoms with Crippen LogP contribution in [0.15, 0.2) is 41.8 Å². The highest BCUT2D eigenvalue weighted by Gasteiger charge is 2.27. The molecule has 0 radical (unpaired) electrons. The zero-order chi connectivity index (χ0) is 21.3. The lowest BCUT2D eigenvalue weighted by atomic mass is 10.0. The first-order valence-electron chi connectivity index (χ1n) is 10.2. The molecule has 154 valence electrons. The number of carbonyl (C=O) groups excluding carboxylic acids is 1. The topological polar surface area (TPSA) is 61.1 Å². The summed E-state index contributed by atoms with van der Waals surface area (Å²) in [5.74, 6) is 0.520. The van der Waals surface area contributed by atoms with E-state index in [4.69, 9.17) is 0 Å². The van der Waals surface area contributed by atoms with E-state index >= 15 is 0 Å². The van der Waals surface area contributed by atoms with E-state index in [1.807, 2.05) is 36.6 Å². The molecule has 4 rings (SSSR count). The highest BCUT2D eigenvalue weighted by atomic mass is 32.1. The monoisotopic (exact) mass is 418 g/mol. The van der Waals surface area contributed by atoms with Crippen molar-refractivity contribution in [3.8, 4) is 6.07 Å². The number of carbonyl (C=O) groups is 1. The van der Waals surface area contributed by atoms with Crippen LogP contribution in [0, 0.1) is 25.2 Å². The lowest BCUT2D eigenvalue weighted by Crippen LogP contribution is -2.39. The lowest BCUT2D eigenvalue weighted by molar-refractivity contribution is -0.118. The van der Waals surface area contributed by atoms with Crippen LogP contribution in [0.25, 0.3) is 0 Å². The number of hydrogen-bond acceptors (Lipinski definition) is 4. The fourth-order valence-electron chi connectivity index (χ4n) is 4.23. The smallest absolute Gasteiger partial charge is 0.239 e. The average Bonchev–Trinajstić information content (AvgIpc) is 3.31. The molecule has 0 saturated carbocycles. The predicted octanol–water partition coefficient (Wildman–Crippen LogP) is 4.64. The van der Waals surface area contributed by atoms with E-state index in [1.54, 1.807) is 11.3 Å². The van der Waals surface area contributed by atoms with Crippen LogP contribution in [0.2, 0.25) is 0 Å². The van der Waals surface area contributed by atoms with Gasteiger partial charge in [-0.15, -0.1) is 11.3 Å². The van der Waals surface area contributed by atoms with E-state index in [2.05, 4.69) is 46.8 Å². The zero-order valence-corrected chi connectivity index (χ0v) is 18.4. The number of thiophene rings is 1. The number of benzene rings is 1. The first-order valence-corrected chi connectivity index (χ1v) is 11.1. The Hall–Kier alpha value is -2.88. The van der Waals surface area contributed by atoms with E-state index in [1.165, 1.54) is 10.4 Å². The SMILES string of the molecule is Cc1c(C#N)c(NC(=O)CN2CCc3sccc3C2C)n(Cc2ccccc2)c1C. The maximum absolute atomic E-state index is 13.0. The Morgan fingerprint density at radius 3 is 2.77 bits per heavy atom. The molecule has 3 heterocycles. The predicted molar refractivity (Wildman–Crippen MR) is 121 cm³/mol. The number of nitrogens with one attached hydrogen (secondary N) is 1. The number of fused-ring (bicyclic) bond motifs is 1. The lowest BCUT2D eigenvalue weighted by Gasteiger charge is -2.33. The first kappa shape index (κ1) is 20.4. The summed E-state index contributed by atoms with van der Waals surface area (Å²) < 4.78 is 2.04. The highest BCUT2D eigenvalue weighted by molar-refractivity contribution is 7.10. The molecule has 1 amide bonds. The number of anilines is 1. The number of hydrogen-bond donors (Lipinski definition) is 1. The fourth-order valence-corrected chi connectivity index (χ4v) is 5.19. The quantitative estimate of drug-likeness (QED) is 0.656. The van der Waals surface area contributed by atoms with Gasteiger partial charge in [0.1, 0.15) is 11.9 Å². The van der Waals surface area contributed by atoms with E-state index in [-0.39, 0.29) is 11.9 Å². The maximum Gasteiger partial charge on any atom is 0.239 e. The molecule has 1 aliphatic rings. The van der Waals surface area contributed by atoms with Crippen molar-refractivity contribution >= 4 is 23.1 Å².